The molecular weight excluding hydrogens is 350 g/mol. The van der Waals surface area contributed by atoms with Crippen molar-refractivity contribution >= 4 is 28.7 Å². The van der Waals surface area contributed by atoms with Crippen LogP contribution < -0.4 is 0 Å². The summed E-state index contributed by atoms with van der Waals surface area (Å²) in [6.45, 7) is 6.39. The van der Waals surface area contributed by atoms with Gasteiger partial charge in [0.15, 0.2) is 0 Å². The molecule has 0 aromatic carbocycles. The Bertz CT molecular complexity index is 664. The third-order valence-corrected chi connectivity index (χ3v) is 5.89. The van der Waals surface area contributed by atoms with Crippen LogP contribution in [0, 0.1) is 0 Å². The molecule has 0 spiro atoms. The van der Waals surface area contributed by atoms with Crippen LogP contribution in [0.2, 0.25) is 0 Å². The molecule has 0 saturated carbocycles. The van der Waals surface area contributed by atoms with Gasteiger partial charge in [0, 0.05) is 44.1 Å². The minimum Gasteiger partial charge on any atom is -0.395 e. The van der Waals surface area contributed by atoms with Crippen molar-refractivity contribution in [3.05, 3.63) is 28.1 Å². The maximum absolute atomic E-state index is 13.1. The number of rotatable bonds is 8. The van der Waals surface area contributed by atoms with E-state index in [1.54, 1.807) is 0 Å². The van der Waals surface area contributed by atoms with Gasteiger partial charge in [-0.2, -0.15) is 0 Å². The lowest BCUT2D eigenvalue weighted by molar-refractivity contribution is -0.137. The molecule has 0 atom stereocenters. The molecule has 3 heterocycles. The summed E-state index contributed by atoms with van der Waals surface area (Å²) in [5.41, 5.74) is 1.13. The number of carbonyl (C=O) groups is 2. The standard InChI is InChI=1S/C19H27N3O3S/c1-2-3-4-7-22-18(24)16(15-6-5-14-26-15)17(19(22)25)21-10-8-20(9-11-21)12-13-23/h5-6,14,23H,2-4,7-13H2,1H3. The number of β-amino-alcohol motifs (C(OH)–C–C–N with tert-alkyl or cyclic N) is 1. The Hall–Kier alpha value is -1.70. The predicted octanol–water partition coefficient (Wildman–Crippen LogP) is 1.63. The number of carbonyl (C=O) groups excluding carboxylic acids is 2. The quantitative estimate of drug-likeness (QED) is 0.551. The van der Waals surface area contributed by atoms with Crippen LogP contribution in [-0.4, -0.2) is 77.5 Å². The first-order valence-corrected chi connectivity index (χ1v) is 10.3. The number of aliphatic hydroxyl groups is 1. The zero-order valence-corrected chi connectivity index (χ0v) is 16.1. The van der Waals surface area contributed by atoms with Gasteiger partial charge in [0.05, 0.1) is 12.2 Å². The van der Waals surface area contributed by atoms with Gasteiger partial charge in [-0.05, 0) is 17.9 Å². The molecule has 0 radical (unpaired) electrons. The molecule has 3 rings (SSSR count). The van der Waals surface area contributed by atoms with Crippen molar-refractivity contribution in [2.45, 2.75) is 26.2 Å². The summed E-state index contributed by atoms with van der Waals surface area (Å²) in [6.07, 6.45) is 2.92. The Morgan fingerprint density at radius 3 is 2.46 bits per heavy atom. The monoisotopic (exact) mass is 377 g/mol. The highest BCUT2D eigenvalue weighted by atomic mass is 32.1. The van der Waals surface area contributed by atoms with Crippen LogP contribution in [0.1, 0.15) is 31.1 Å². The van der Waals surface area contributed by atoms with E-state index in [0.717, 1.165) is 37.2 Å². The van der Waals surface area contributed by atoms with E-state index < -0.39 is 0 Å². The Balaban J connectivity index is 1.83. The van der Waals surface area contributed by atoms with Crippen LogP contribution in [0.15, 0.2) is 23.2 Å². The van der Waals surface area contributed by atoms with Gasteiger partial charge in [0.2, 0.25) is 0 Å². The Labute approximate surface area is 158 Å². The van der Waals surface area contributed by atoms with Crippen LogP contribution in [0.5, 0.6) is 0 Å². The average molecular weight is 378 g/mol. The van der Waals surface area contributed by atoms with Crippen molar-refractivity contribution in [1.82, 2.24) is 14.7 Å². The normalized spacial score (nSPS) is 19.2. The Kier molecular flexibility index (Phi) is 6.45. The van der Waals surface area contributed by atoms with Gasteiger partial charge >= 0.3 is 0 Å². The van der Waals surface area contributed by atoms with Crippen molar-refractivity contribution in [3.63, 3.8) is 0 Å². The molecule has 1 saturated heterocycles. The van der Waals surface area contributed by atoms with Gasteiger partial charge in [-0.1, -0.05) is 25.8 Å². The zero-order valence-electron chi connectivity index (χ0n) is 15.3. The molecule has 0 aliphatic carbocycles. The molecule has 7 heteroatoms. The molecular formula is C19H27N3O3S. The molecule has 6 nitrogen and oxygen atoms in total. The van der Waals surface area contributed by atoms with Gasteiger partial charge in [-0.3, -0.25) is 19.4 Å². The Morgan fingerprint density at radius 1 is 1.08 bits per heavy atom. The van der Waals surface area contributed by atoms with E-state index in [1.807, 2.05) is 17.5 Å². The lowest BCUT2D eigenvalue weighted by Gasteiger charge is -2.36. The number of hydrogen-bond acceptors (Lipinski definition) is 6. The van der Waals surface area contributed by atoms with E-state index in [0.29, 0.717) is 37.4 Å². The molecule has 1 aromatic heterocycles. The summed E-state index contributed by atoms with van der Waals surface area (Å²) in [5, 5.41) is 11.0. The van der Waals surface area contributed by atoms with E-state index >= 15 is 0 Å². The zero-order chi connectivity index (χ0) is 18.5. The van der Waals surface area contributed by atoms with Crippen LogP contribution >= 0.6 is 11.3 Å². The highest BCUT2D eigenvalue weighted by Gasteiger charge is 2.42. The summed E-state index contributed by atoms with van der Waals surface area (Å²) >= 11 is 1.51. The maximum atomic E-state index is 13.1. The van der Waals surface area contributed by atoms with Crippen molar-refractivity contribution in [3.8, 4) is 0 Å². The Morgan fingerprint density at radius 2 is 1.85 bits per heavy atom. The fourth-order valence-electron chi connectivity index (χ4n) is 3.56. The fraction of sp³-hybridized carbons (Fsp3) is 0.579. The second kappa shape index (κ2) is 8.79. The minimum atomic E-state index is -0.152. The van der Waals surface area contributed by atoms with Crippen LogP contribution in [0.4, 0.5) is 0 Å². The maximum Gasteiger partial charge on any atom is 0.277 e. The number of thiophene rings is 1. The van der Waals surface area contributed by atoms with Crippen molar-refractivity contribution < 1.29 is 14.7 Å². The number of piperazine rings is 1. The van der Waals surface area contributed by atoms with Crippen LogP contribution in [0.25, 0.3) is 5.57 Å². The molecule has 2 aliphatic rings. The largest absolute Gasteiger partial charge is 0.395 e. The first-order valence-electron chi connectivity index (χ1n) is 9.39. The van der Waals surface area contributed by atoms with Gasteiger partial charge in [-0.15, -0.1) is 11.3 Å². The van der Waals surface area contributed by atoms with Crippen molar-refractivity contribution in [2.24, 2.45) is 0 Å². The summed E-state index contributed by atoms with van der Waals surface area (Å²) in [5.74, 6) is -0.300. The first kappa shape index (κ1) is 19.1. The summed E-state index contributed by atoms with van der Waals surface area (Å²) in [4.78, 5) is 32.6. The lowest BCUT2D eigenvalue weighted by Crippen LogP contribution is -2.48. The summed E-state index contributed by atoms with van der Waals surface area (Å²) in [7, 11) is 0. The highest BCUT2D eigenvalue weighted by molar-refractivity contribution is 7.11. The van der Waals surface area contributed by atoms with Crippen molar-refractivity contribution in [1.29, 1.82) is 0 Å². The van der Waals surface area contributed by atoms with Crippen molar-refractivity contribution in [2.75, 3.05) is 45.9 Å². The molecule has 26 heavy (non-hydrogen) atoms. The van der Waals surface area contributed by atoms with Crippen LogP contribution in [-0.2, 0) is 9.59 Å². The van der Waals surface area contributed by atoms with E-state index in [2.05, 4.69) is 16.7 Å². The molecule has 2 aliphatic heterocycles. The van der Waals surface area contributed by atoms with Gasteiger partial charge in [-0.25, -0.2) is 0 Å². The van der Waals surface area contributed by atoms with E-state index in [-0.39, 0.29) is 18.4 Å². The predicted molar refractivity (Wildman–Crippen MR) is 103 cm³/mol. The third-order valence-electron chi connectivity index (χ3n) is 5.00. The molecule has 0 unspecified atom stereocenters. The van der Waals surface area contributed by atoms with Crippen LogP contribution in [0.3, 0.4) is 0 Å². The van der Waals surface area contributed by atoms with Gasteiger partial charge < -0.3 is 10.0 Å². The second-order valence-corrected chi connectivity index (χ2v) is 7.67. The molecule has 1 aromatic rings. The number of aliphatic hydroxyl groups excluding tert-OH is 1. The third kappa shape index (κ3) is 3.84. The number of imide groups is 1. The molecule has 2 amide bonds. The van der Waals surface area contributed by atoms with E-state index in [1.165, 1.54) is 16.2 Å². The van der Waals surface area contributed by atoms with E-state index in [9.17, 15) is 9.59 Å². The fourth-order valence-corrected chi connectivity index (χ4v) is 4.32. The molecule has 1 fully saturated rings. The smallest absolute Gasteiger partial charge is 0.277 e. The topological polar surface area (TPSA) is 64.1 Å². The first-order chi connectivity index (χ1) is 12.7. The van der Waals surface area contributed by atoms with Gasteiger partial charge in [0.1, 0.15) is 5.70 Å². The van der Waals surface area contributed by atoms with E-state index in [4.69, 9.17) is 5.11 Å². The average Bonchev–Trinajstić information content (AvgIpc) is 3.25. The molecule has 142 valence electrons. The SMILES string of the molecule is CCCCCN1C(=O)C(c2cccs2)=C(N2CCN(CCO)CC2)C1=O. The second-order valence-electron chi connectivity index (χ2n) is 6.72. The number of unbranched alkanes of at least 4 members (excludes halogenated alkanes) is 2. The summed E-state index contributed by atoms with van der Waals surface area (Å²) < 4.78 is 0. The lowest BCUT2D eigenvalue weighted by atomic mass is 10.1. The molecule has 0 bridgehead atoms. The number of nitrogens with zero attached hydrogens (tertiary/aromatic N) is 3. The minimum absolute atomic E-state index is 0.145. The highest BCUT2D eigenvalue weighted by Crippen LogP contribution is 2.34. The molecule has 1 N–H and O–H groups in total. The summed E-state index contributed by atoms with van der Waals surface area (Å²) in [6, 6.07) is 3.84. The van der Waals surface area contributed by atoms with Gasteiger partial charge in [0.25, 0.3) is 11.8 Å². The number of hydrogen-bond donors (Lipinski definition) is 1. The number of amides is 2.